The molecule has 5 nitrogen and oxygen atoms in total. The van der Waals surface area contributed by atoms with E-state index in [0.717, 1.165) is 0 Å². The van der Waals surface area contributed by atoms with E-state index in [1.165, 1.54) is 0 Å². The second kappa shape index (κ2) is 5.15. The fourth-order valence-electron chi connectivity index (χ4n) is 1.57. The zero-order valence-electron chi connectivity index (χ0n) is 9.14. The summed E-state index contributed by atoms with van der Waals surface area (Å²) in [5.74, 6) is -1.24. The van der Waals surface area contributed by atoms with E-state index in [9.17, 15) is 4.79 Å². The molecule has 6 heteroatoms. The third kappa shape index (κ3) is 2.24. The van der Waals surface area contributed by atoms with Crippen LogP contribution in [0.25, 0.3) is 10.9 Å². The number of nitrogen functional groups attached to an aromatic ring is 1. The first-order chi connectivity index (χ1) is 7.65. The number of pyridine rings is 1. The van der Waals surface area contributed by atoms with E-state index >= 15 is 0 Å². The molecule has 79 valence electrons. The molecule has 2 aromatic rings. The molecule has 0 atom stereocenters. The number of carboxylic acid groups (broad SMARTS) is 1. The van der Waals surface area contributed by atoms with E-state index in [0.29, 0.717) is 10.9 Å². The standard InChI is InChI=1S/C11H7N3O2.Na/c12-5-7-9(11(15)16)6-3-1-2-4-8(6)14-10(7)13;/h1-4H,(H2,13,14)(H,15,16);. The van der Waals surface area contributed by atoms with Crippen LogP contribution in [0.15, 0.2) is 24.3 Å². The molecule has 0 saturated heterocycles. The summed E-state index contributed by atoms with van der Waals surface area (Å²) < 4.78 is 0. The number of benzene rings is 1. The number of fused-ring (bicyclic) bond motifs is 1. The first-order valence-corrected chi connectivity index (χ1v) is 4.46. The number of para-hydroxylation sites is 1. The van der Waals surface area contributed by atoms with Gasteiger partial charge in [0.15, 0.2) is 0 Å². The predicted octanol–water partition coefficient (Wildman–Crippen LogP) is 1.01. The van der Waals surface area contributed by atoms with E-state index in [4.69, 9.17) is 16.1 Å². The summed E-state index contributed by atoms with van der Waals surface area (Å²) in [7, 11) is 0. The largest absolute Gasteiger partial charge is 0.478 e. The normalized spacial score (nSPS) is 9.35. The van der Waals surface area contributed by atoms with Crippen LogP contribution < -0.4 is 5.73 Å². The molecule has 3 N–H and O–H groups in total. The Labute approximate surface area is 119 Å². The molecular formula is C11H7N3NaO2. The molecule has 0 spiro atoms. The van der Waals surface area contributed by atoms with Gasteiger partial charge in [-0.15, -0.1) is 0 Å². The average Bonchev–Trinajstić information content (AvgIpc) is 2.26. The number of aromatic carboxylic acids is 1. The summed E-state index contributed by atoms with van der Waals surface area (Å²) in [6, 6.07) is 8.44. The minimum absolute atomic E-state index is 0. The zero-order valence-corrected chi connectivity index (χ0v) is 11.1. The fourth-order valence-corrected chi connectivity index (χ4v) is 1.57. The molecule has 1 radical (unpaired) electrons. The third-order valence-corrected chi connectivity index (χ3v) is 2.25. The smallest absolute Gasteiger partial charge is 0.337 e. The van der Waals surface area contributed by atoms with Crippen LogP contribution in [-0.4, -0.2) is 45.6 Å². The summed E-state index contributed by atoms with van der Waals surface area (Å²) in [6.45, 7) is 0. The fraction of sp³-hybridized carbons (Fsp3) is 0. The SMILES string of the molecule is N#Cc1c(N)nc2ccccc2c1C(=O)O.[Na]. The van der Waals surface area contributed by atoms with Crippen LogP contribution in [0.5, 0.6) is 0 Å². The maximum atomic E-state index is 11.1. The van der Waals surface area contributed by atoms with Crippen LogP contribution in [0.3, 0.4) is 0 Å². The van der Waals surface area contributed by atoms with Gasteiger partial charge in [-0.2, -0.15) is 5.26 Å². The van der Waals surface area contributed by atoms with Crippen molar-refractivity contribution in [3.8, 4) is 6.07 Å². The van der Waals surface area contributed by atoms with E-state index < -0.39 is 5.97 Å². The van der Waals surface area contributed by atoms with Gasteiger partial charge in [0.1, 0.15) is 17.5 Å². The molecule has 0 aliphatic heterocycles. The molecule has 1 heterocycles. The van der Waals surface area contributed by atoms with E-state index in [1.54, 1.807) is 30.3 Å². The first-order valence-electron chi connectivity index (χ1n) is 4.46. The molecule has 1 aromatic heterocycles. The maximum absolute atomic E-state index is 11.1. The van der Waals surface area contributed by atoms with Gasteiger partial charge < -0.3 is 10.8 Å². The van der Waals surface area contributed by atoms with Gasteiger partial charge in [-0.1, -0.05) is 18.2 Å². The number of carbonyl (C=O) groups is 1. The van der Waals surface area contributed by atoms with Gasteiger partial charge in [0.2, 0.25) is 0 Å². The number of nitrogens with zero attached hydrogens (tertiary/aromatic N) is 2. The van der Waals surface area contributed by atoms with Gasteiger partial charge in [-0.25, -0.2) is 9.78 Å². The molecular weight excluding hydrogens is 229 g/mol. The summed E-state index contributed by atoms with van der Waals surface area (Å²) in [5, 5.41) is 18.4. The Balaban J connectivity index is 0.00000144. The number of nitrogens with two attached hydrogens (primary N) is 1. The summed E-state index contributed by atoms with van der Waals surface area (Å²) in [5.41, 5.74) is 5.82. The van der Waals surface area contributed by atoms with Crippen LogP contribution in [-0.2, 0) is 0 Å². The molecule has 2 rings (SSSR count). The number of hydrogen-bond acceptors (Lipinski definition) is 4. The minimum Gasteiger partial charge on any atom is -0.478 e. The van der Waals surface area contributed by atoms with E-state index in [1.807, 2.05) is 0 Å². The molecule has 17 heavy (non-hydrogen) atoms. The van der Waals surface area contributed by atoms with Gasteiger partial charge in [0.05, 0.1) is 11.1 Å². The van der Waals surface area contributed by atoms with Crippen LogP contribution in [0.4, 0.5) is 5.82 Å². The minimum atomic E-state index is -1.18. The van der Waals surface area contributed by atoms with Gasteiger partial charge in [0, 0.05) is 34.9 Å². The van der Waals surface area contributed by atoms with E-state index in [-0.39, 0.29) is 46.5 Å². The van der Waals surface area contributed by atoms with Crippen LogP contribution in [0.2, 0.25) is 0 Å². The number of anilines is 1. The van der Waals surface area contributed by atoms with Crippen molar-refractivity contribution in [3.05, 3.63) is 35.4 Å². The van der Waals surface area contributed by atoms with Gasteiger partial charge in [0.25, 0.3) is 0 Å². The Kier molecular flexibility index (Phi) is 4.07. The second-order valence-corrected chi connectivity index (χ2v) is 3.18. The maximum Gasteiger partial charge on any atom is 0.337 e. The molecule has 0 amide bonds. The third-order valence-electron chi connectivity index (χ3n) is 2.25. The Hall–Kier alpha value is -1.61. The van der Waals surface area contributed by atoms with Crippen molar-refractivity contribution >= 4 is 52.2 Å². The van der Waals surface area contributed by atoms with Gasteiger partial charge in [-0.3, -0.25) is 0 Å². The number of carboxylic acids is 1. The zero-order chi connectivity index (χ0) is 11.7. The Morgan fingerprint density at radius 1 is 1.41 bits per heavy atom. The van der Waals surface area contributed by atoms with Crippen molar-refractivity contribution in [2.45, 2.75) is 0 Å². The van der Waals surface area contributed by atoms with Crippen molar-refractivity contribution in [2.24, 2.45) is 0 Å². The second-order valence-electron chi connectivity index (χ2n) is 3.18. The first kappa shape index (κ1) is 13.5. The Morgan fingerprint density at radius 2 is 2.06 bits per heavy atom. The number of aromatic nitrogens is 1. The van der Waals surface area contributed by atoms with Crippen LogP contribution >= 0.6 is 0 Å². The van der Waals surface area contributed by atoms with Crippen molar-refractivity contribution in [1.82, 2.24) is 4.98 Å². The predicted molar refractivity (Wildman–Crippen MR) is 63.6 cm³/mol. The van der Waals surface area contributed by atoms with Crippen molar-refractivity contribution in [1.29, 1.82) is 5.26 Å². The molecule has 0 unspecified atom stereocenters. The Morgan fingerprint density at radius 3 is 2.65 bits per heavy atom. The number of rotatable bonds is 1. The quantitative estimate of drug-likeness (QED) is 0.719. The summed E-state index contributed by atoms with van der Waals surface area (Å²) in [4.78, 5) is 15.1. The molecule has 1 aromatic carbocycles. The molecule has 0 aliphatic carbocycles. The number of nitriles is 1. The van der Waals surface area contributed by atoms with Crippen molar-refractivity contribution in [3.63, 3.8) is 0 Å². The van der Waals surface area contributed by atoms with Crippen molar-refractivity contribution < 1.29 is 9.90 Å². The monoisotopic (exact) mass is 236 g/mol. The topological polar surface area (TPSA) is 100 Å². The van der Waals surface area contributed by atoms with Gasteiger partial charge >= 0.3 is 5.97 Å². The van der Waals surface area contributed by atoms with Crippen molar-refractivity contribution in [2.75, 3.05) is 5.73 Å². The van der Waals surface area contributed by atoms with Crippen LogP contribution in [0, 0.1) is 11.3 Å². The summed E-state index contributed by atoms with van der Waals surface area (Å²) >= 11 is 0. The molecule has 0 saturated carbocycles. The van der Waals surface area contributed by atoms with E-state index in [2.05, 4.69) is 4.98 Å². The molecule has 0 bridgehead atoms. The Bertz CT molecular complexity index is 634. The van der Waals surface area contributed by atoms with Crippen LogP contribution in [0.1, 0.15) is 15.9 Å². The van der Waals surface area contributed by atoms with Gasteiger partial charge in [-0.05, 0) is 6.07 Å². The molecule has 0 fully saturated rings. The number of hydrogen-bond donors (Lipinski definition) is 2. The average molecular weight is 236 g/mol. The molecule has 0 aliphatic rings. The summed E-state index contributed by atoms with van der Waals surface area (Å²) in [6.07, 6.45) is 0.